The molecule has 0 bridgehead atoms. The fraction of sp³-hybridized carbons (Fsp3) is 0.222. The molecule has 3 heterocycles. The fourth-order valence-corrected chi connectivity index (χ4v) is 3.74. The number of nitrogens with one attached hydrogen (secondary N) is 1. The minimum absolute atomic E-state index is 0.160. The number of nitrogens with zero attached hydrogens (tertiary/aromatic N) is 4. The van der Waals surface area contributed by atoms with Gasteiger partial charge in [0.2, 0.25) is 5.91 Å². The van der Waals surface area contributed by atoms with E-state index in [1.165, 1.54) is 0 Å². The van der Waals surface area contributed by atoms with Gasteiger partial charge in [-0.3, -0.25) is 4.79 Å². The lowest BCUT2D eigenvalue weighted by Crippen LogP contribution is -2.42. The summed E-state index contributed by atoms with van der Waals surface area (Å²) >= 11 is 0. The highest BCUT2D eigenvalue weighted by molar-refractivity contribution is 6.07. The fourth-order valence-electron chi connectivity index (χ4n) is 3.74. The summed E-state index contributed by atoms with van der Waals surface area (Å²) in [7, 11) is 0. The molecular weight excluding hydrogens is 302 g/mol. The Hall–Kier alpha value is -3.38. The smallest absolute Gasteiger partial charge is 0.238 e. The zero-order valence-electron chi connectivity index (χ0n) is 12.7. The van der Waals surface area contributed by atoms with E-state index in [9.17, 15) is 15.3 Å². The number of benzene rings is 1. The van der Waals surface area contributed by atoms with E-state index in [1.807, 2.05) is 29.2 Å². The quantitative estimate of drug-likeness (QED) is 0.866. The van der Waals surface area contributed by atoms with Gasteiger partial charge in [0.1, 0.15) is 17.3 Å². The van der Waals surface area contributed by atoms with E-state index in [0.29, 0.717) is 24.5 Å². The van der Waals surface area contributed by atoms with Gasteiger partial charge in [-0.05, 0) is 23.8 Å². The van der Waals surface area contributed by atoms with Crippen molar-refractivity contribution in [3.63, 3.8) is 0 Å². The van der Waals surface area contributed by atoms with Gasteiger partial charge in [0, 0.05) is 25.0 Å². The van der Waals surface area contributed by atoms with Crippen LogP contribution in [0.15, 0.2) is 42.6 Å². The minimum Gasteiger partial charge on any atom is -0.353 e. The van der Waals surface area contributed by atoms with Crippen molar-refractivity contribution in [3.8, 4) is 12.1 Å². The second-order valence-corrected chi connectivity index (χ2v) is 6.02. The number of pyridine rings is 1. The van der Waals surface area contributed by atoms with Gasteiger partial charge in [-0.15, -0.1) is 0 Å². The first kappa shape index (κ1) is 14.2. The molecule has 2 aliphatic rings. The Morgan fingerprint density at radius 2 is 2.08 bits per heavy atom. The van der Waals surface area contributed by atoms with Crippen molar-refractivity contribution >= 4 is 17.4 Å². The standard InChI is InChI=1S/C18H13N5O/c19-8-12-4-3-7-21-16(12)23-10-13(9-20)18(11-23)14-5-1-2-6-15(14)22-17(18)24/h1-7,13H,10-11H2,(H,22,24). The molecule has 24 heavy (non-hydrogen) atoms. The van der Waals surface area contributed by atoms with E-state index >= 15 is 0 Å². The lowest BCUT2D eigenvalue weighted by Gasteiger charge is -2.24. The largest absolute Gasteiger partial charge is 0.353 e. The van der Waals surface area contributed by atoms with Crippen LogP contribution in [0.5, 0.6) is 0 Å². The summed E-state index contributed by atoms with van der Waals surface area (Å²) in [6, 6.07) is 15.3. The second kappa shape index (κ2) is 5.07. The van der Waals surface area contributed by atoms with Gasteiger partial charge in [-0.2, -0.15) is 10.5 Å². The summed E-state index contributed by atoms with van der Waals surface area (Å²) in [5.41, 5.74) is 1.12. The summed E-state index contributed by atoms with van der Waals surface area (Å²) in [6.45, 7) is 0.698. The van der Waals surface area contributed by atoms with Crippen molar-refractivity contribution in [1.29, 1.82) is 10.5 Å². The highest BCUT2D eigenvalue weighted by Crippen LogP contribution is 2.48. The Morgan fingerprint density at radius 1 is 1.25 bits per heavy atom. The van der Waals surface area contributed by atoms with Crippen molar-refractivity contribution in [2.45, 2.75) is 5.41 Å². The number of para-hydroxylation sites is 1. The Labute approximate surface area is 139 Å². The lowest BCUT2D eigenvalue weighted by atomic mass is 9.74. The Balaban J connectivity index is 1.83. The van der Waals surface area contributed by atoms with Crippen LogP contribution in [-0.2, 0) is 10.2 Å². The molecule has 1 amide bonds. The zero-order chi connectivity index (χ0) is 16.7. The summed E-state index contributed by atoms with van der Waals surface area (Å²) < 4.78 is 0. The molecule has 1 saturated heterocycles. The molecule has 2 unspecified atom stereocenters. The molecule has 2 aliphatic heterocycles. The normalized spacial score (nSPS) is 24.3. The number of carbonyl (C=O) groups is 1. The van der Waals surface area contributed by atoms with Crippen LogP contribution in [0.1, 0.15) is 11.1 Å². The molecule has 0 aliphatic carbocycles. The van der Waals surface area contributed by atoms with Gasteiger partial charge in [0.15, 0.2) is 0 Å². The Bertz CT molecular complexity index is 925. The molecule has 1 N–H and O–H groups in total. The number of hydrogen-bond donors (Lipinski definition) is 1. The van der Waals surface area contributed by atoms with E-state index in [1.54, 1.807) is 18.3 Å². The van der Waals surface area contributed by atoms with Crippen molar-refractivity contribution in [3.05, 3.63) is 53.7 Å². The molecule has 4 rings (SSSR count). The predicted molar refractivity (Wildman–Crippen MR) is 87.0 cm³/mol. The van der Waals surface area contributed by atoms with Gasteiger partial charge < -0.3 is 10.2 Å². The third kappa shape index (κ3) is 1.74. The summed E-state index contributed by atoms with van der Waals surface area (Å²) in [6.07, 6.45) is 1.62. The zero-order valence-corrected chi connectivity index (χ0v) is 12.7. The molecule has 0 saturated carbocycles. The summed E-state index contributed by atoms with van der Waals surface area (Å²) in [4.78, 5) is 18.9. The number of anilines is 2. The van der Waals surface area contributed by atoms with Crippen molar-refractivity contribution in [2.75, 3.05) is 23.3 Å². The number of rotatable bonds is 1. The molecule has 1 aromatic carbocycles. The van der Waals surface area contributed by atoms with E-state index < -0.39 is 11.3 Å². The predicted octanol–water partition coefficient (Wildman–Crippen LogP) is 1.80. The van der Waals surface area contributed by atoms with E-state index in [4.69, 9.17) is 0 Å². The molecule has 2 aromatic rings. The highest BCUT2D eigenvalue weighted by Gasteiger charge is 2.58. The van der Waals surface area contributed by atoms with Gasteiger partial charge >= 0.3 is 0 Å². The minimum atomic E-state index is -0.921. The molecule has 1 spiro atoms. The summed E-state index contributed by atoms with van der Waals surface area (Å²) in [5.74, 6) is -0.142. The van der Waals surface area contributed by atoms with Crippen LogP contribution in [0.3, 0.4) is 0 Å². The van der Waals surface area contributed by atoms with Gasteiger partial charge in [0.05, 0.1) is 17.6 Å². The van der Waals surface area contributed by atoms with Gasteiger partial charge in [-0.25, -0.2) is 4.98 Å². The van der Waals surface area contributed by atoms with Crippen LogP contribution < -0.4 is 10.2 Å². The molecular formula is C18H13N5O. The second-order valence-electron chi connectivity index (χ2n) is 6.02. The first-order valence-corrected chi connectivity index (χ1v) is 7.61. The topological polar surface area (TPSA) is 92.8 Å². The van der Waals surface area contributed by atoms with E-state index in [2.05, 4.69) is 22.4 Å². The molecule has 0 radical (unpaired) electrons. The molecule has 2 atom stereocenters. The summed E-state index contributed by atoms with van der Waals surface area (Å²) in [5, 5.41) is 21.9. The number of nitriles is 2. The van der Waals surface area contributed by atoms with Crippen molar-refractivity contribution < 1.29 is 4.79 Å². The highest BCUT2D eigenvalue weighted by atomic mass is 16.2. The molecule has 116 valence electrons. The average Bonchev–Trinajstić information content (AvgIpc) is 3.15. The molecule has 1 fully saturated rings. The van der Waals surface area contributed by atoms with Crippen LogP contribution in [0, 0.1) is 28.6 Å². The van der Waals surface area contributed by atoms with Crippen LogP contribution in [0.4, 0.5) is 11.5 Å². The number of fused-ring (bicyclic) bond motifs is 2. The monoisotopic (exact) mass is 315 g/mol. The van der Waals surface area contributed by atoms with Crippen molar-refractivity contribution in [1.82, 2.24) is 4.98 Å². The van der Waals surface area contributed by atoms with Crippen LogP contribution >= 0.6 is 0 Å². The number of amides is 1. The number of hydrogen-bond acceptors (Lipinski definition) is 5. The Kier molecular flexibility index (Phi) is 3.01. The number of carbonyl (C=O) groups excluding carboxylic acids is 1. The SMILES string of the molecule is N#Cc1cccnc1N1CC(C#N)C2(C1)C(=O)Nc1ccccc12. The third-order valence-corrected chi connectivity index (χ3v) is 4.86. The first-order valence-electron chi connectivity index (χ1n) is 7.61. The third-order valence-electron chi connectivity index (χ3n) is 4.86. The maximum absolute atomic E-state index is 12.8. The molecule has 1 aromatic heterocycles. The lowest BCUT2D eigenvalue weighted by molar-refractivity contribution is -0.120. The first-order chi connectivity index (χ1) is 11.7. The van der Waals surface area contributed by atoms with Gasteiger partial charge in [-0.1, -0.05) is 18.2 Å². The number of aromatic nitrogens is 1. The molecule has 6 heteroatoms. The van der Waals surface area contributed by atoms with Gasteiger partial charge in [0.25, 0.3) is 0 Å². The van der Waals surface area contributed by atoms with Crippen LogP contribution in [0.2, 0.25) is 0 Å². The average molecular weight is 315 g/mol. The van der Waals surface area contributed by atoms with Crippen LogP contribution in [-0.4, -0.2) is 24.0 Å². The Morgan fingerprint density at radius 3 is 2.88 bits per heavy atom. The van der Waals surface area contributed by atoms with E-state index in [0.717, 1.165) is 11.3 Å². The van der Waals surface area contributed by atoms with Crippen molar-refractivity contribution in [2.24, 2.45) is 5.92 Å². The van der Waals surface area contributed by atoms with E-state index in [-0.39, 0.29) is 5.91 Å². The maximum Gasteiger partial charge on any atom is 0.238 e. The molecule has 6 nitrogen and oxygen atoms in total. The van der Waals surface area contributed by atoms with Crippen LogP contribution in [0.25, 0.3) is 0 Å². The maximum atomic E-state index is 12.8.